The minimum absolute atomic E-state index is 0.802. The predicted molar refractivity (Wildman–Crippen MR) is 38.7 cm³/mol. The summed E-state index contributed by atoms with van der Waals surface area (Å²) in [4.78, 5) is 6.33. The molecule has 1 atom stereocenters. The highest BCUT2D eigenvalue weighted by atomic mass is 79.9. The molecule has 0 heterocycles. The monoisotopic (exact) mass is 298 g/mol. The molecule has 2 nitrogen and oxygen atoms in total. The van der Waals surface area contributed by atoms with E-state index in [1.165, 1.54) is 0 Å². The van der Waals surface area contributed by atoms with E-state index in [-0.39, 0.29) is 0 Å². The average Bonchev–Trinajstić information content (AvgIpc) is 1.83. The van der Waals surface area contributed by atoms with E-state index in [1.54, 1.807) is 15.9 Å². The zero-order valence-corrected chi connectivity index (χ0v) is 8.38. The summed E-state index contributed by atoms with van der Waals surface area (Å²) in [5.74, 6) is -1.70. The topological polar surface area (TPSA) is 26.3 Å². The molecule has 0 N–H and O–H groups in total. The zero-order chi connectivity index (χ0) is 9.28. The molecule has 0 spiro atoms. The van der Waals surface area contributed by atoms with Gasteiger partial charge in [0.15, 0.2) is 0 Å². The molecule has 7 heteroatoms. The summed E-state index contributed by atoms with van der Waals surface area (Å²) in [7, 11) is 0.802. The largest absolute Gasteiger partial charge is 0.466 e. The van der Waals surface area contributed by atoms with Crippen LogP contribution in [0.4, 0.5) is 13.2 Å². The fraction of sp³-hybridized carbons (Fsp3) is 0.750. The number of alkyl halides is 5. The van der Waals surface area contributed by atoms with Crippen molar-refractivity contribution >= 4 is 37.8 Å². The lowest BCUT2D eigenvalue weighted by atomic mass is 10.4. The average molecular weight is 300 g/mol. The Morgan fingerprint density at radius 2 is 1.73 bits per heavy atom. The number of rotatable bonds is 2. The first-order chi connectivity index (χ1) is 4.73. The van der Waals surface area contributed by atoms with E-state index in [0.717, 1.165) is 7.11 Å². The molecule has 66 valence electrons. The molecule has 0 aliphatic heterocycles. The lowest BCUT2D eigenvalue weighted by molar-refractivity contribution is -0.156. The SMILES string of the molecule is COC(=O)C(F)(Br)C(F)(F)Br. The summed E-state index contributed by atoms with van der Waals surface area (Å²) in [6.45, 7) is 0. The van der Waals surface area contributed by atoms with Gasteiger partial charge in [-0.05, 0) is 31.9 Å². The Kier molecular flexibility index (Phi) is 3.37. The van der Waals surface area contributed by atoms with Gasteiger partial charge in [-0.15, -0.1) is 0 Å². The van der Waals surface area contributed by atoms with Crippen LogP contribution in [-0.2, 0) is 9.53 Å². The van der Waals surface area contributed by atoms with E-state index in [1.807, 2.05) is 15.9 Å². The van der Waals surface area contributed by atoms with Gasteiger partial charge in [-0.2, -0.15) is 8.78 Å². The van der Waals surface area contributed by atoms with Crippen LogP contribution < -0.4 is 0 Å². The van der Waals surface area contributed by atoms with Gasteiger partial charge in [0.25, 0.3) is 0 Å². The minimum Gasteiger partial charge on any atom is -0.466 e. The third kappa shape index (κ3) is 2.33. The van der Waals surface area contributed by atoms with Crippen LogP contribution in [0.5, 0.6) is 0 Å². The lowest BCUT2D eigenvalue weighted by Crippen LogP contribution is -2.42. The summed E-state index contributed by atoms with van der Waals surface area (Å²) in [6, 6.07) is 0. The second kappa shape index (κ2) is 3.30. The second-order valence-electron chi connectivity index (χ2n) is 1.56. The molecule has 1 unspecified atom stereocenters. The number of halogens is 5. The quantitative estimate of drug-likeness (QED) is 0.577. The fourth-order valence-electron chi connectivity index (χ4n) is 0.244. The van der Waals surface area contributed by atoms with Crippen molar-refractivity contribution in [3.63, 3.8) is 0 Å². The third-order valence-corrected chi connectivity index (χ3v) is 2.70. The number of methoxy groups -OCH3 is 1. The van der Waals surface area contributed by atoms with Crippen LogP contribution >= 0.6 is 31.9 Å². The summed E-state index contributed by atoms with van der Waals surface area (Å²) in [5, 5.41) is 0. The molecule has 0 saturated carbocycles. The first-order valence-electron chi connectivity index (χ1n) is 2.26. The van der Waals surface area contributed by atoms with E-state index < -0.39 is 15.4 Å². The molecule has 0 amide bonds. The number of ether oxygens (including phenoxy) is 1. The van der Waals surface area contributed by atoms with Crippen molar-refractivity contribution in [3.05, 3.63) is 0 Å². The van der Waals surface area contributed by atoms with Crippen LogP contribution in [0.25, 0.3) is 0 Å². The standard InChI is InChI=1S/C4H3Br2F3O2/c1-11-2(10)3(5,7)4(6,8)9/h1H3. The maximum atomic E-state index is 12.6. The van der Waals surface area contributed by atoms with Crippen molar-refractivity contribution < 1.29 is 22.7 Å². The maximum Gasteiger partial charge on any atom is 0.362 e. The Hall–Kier alpha value is 0.220. The number of hydrogen-bond acceptors (Lipinski definition) is 2. The van der Waals surface area contributed by atoms with E-state index >= 15 is 0 Å². The number of hydrogen-bond donors (Lipinski definition) is 0. The normalized spacial score (nSPS) is 17.3. The van der Waals surface area contributed by atoms with Crippen LogP contribution in [0.2, 0.25) is 0 Å². The van der Waals surface area contributed by atoms with Crippen LogP contribution in [-0.4, -0.2) is 22.5 Å². The molecule has 0 aromatic rings. The molecular weight excluding hydrogens is 297 g/mol. The van der Waals surface area contributed by atoms with Crippen LogP contribution in [0.15, 0.2) is 0 Å². The third-order valence-electron chi connectivity index (χ3n) is 0.798. The molecule has 0 radical (unpaired) electrons. The predicted octanol–water partition coefficient (Wildman–Crippen LogP) is 2.21. The molecule has 0 aliphatic rings. The Bertz CT molecular complexity index is 165. The Morgan fingerprint density at radius 3 is 1.82 bits per heavy atom. The van der Waals surface area contributed by atoms with Crippen molar-refractivity contribution in [2.45, 2.75) is 9.41 Å². The van der Waals surface area contributed by atoms with Gasteiger partial charge in [0, 0.05) is 0 Å². The van der Waals surface area contributed by atoms with Gasteiger partial charge in [-0.1, -0.05) is 0 Å². The highest BCUT2D eigenvalue weighted by Gasteiger charge is 2.58. The maximum absolute atomic E-state index is 12.6. The smallest absolute Gasteiger partial charge is 0.362 e. The van der Waals surface area contributed by atoms with Crippen molar-refractivity contribution in [3.8, 4) is 0 Å². The van der Waals surface area contributed by atoms with E-state index in [0.29, 0.717) is 0 Å². The van der Waals surface area contributed by atoms with Gasteiger partial charge in [-0.25, -0.2) is 9.18 Å². The van der Waals surface area contributed by atoms with Gasteiger partial charge in [0.05, 0.1) is 7.11 Å². The highest BCUT2D eigenvalue weighted by molar-refractivity contribution is 9.13. The fourth-order valence-corrected chi connectivity index (χ4v) is 0.568. The minimum atomic E-state index is -3.99. The Morgan fingerprint density at radius 1 is 1.36 bits per heavy atom. The summed E-state index contributed by atoms with van der Waals surface area (Å²) >= 11 is 3.58. The van der Waals surface area contributed by atoms with E-state index in [2.05, 4.69) is 4.74 Å². The van der Waals surface area contributed by atoms with Crippen molar-refractivity contribution in [2.24, 2.45) is 0 Å². The number of esters is 1. The Balaban J connectivity index is 4.59. The molecular formula is C4H3Br2F3O2. The molecule has 0 aromatic carbocycles. The molecule has 11 heavy (non-hydrogen) atoms. The van der Waals surface area contributed by atoms with Gasteiger partial charge in [0.1, 0.15) is 0 Å². The van der Waals surface area contributed by atoms with Crippen LogP contribution in [0.3, 0.4) is 0 Å². The van der Waals surface area contributed by atoms with E-state index in [9.17, 15) is 18.0 Å². The first-order valence-corrected chi connectivity index (χ1v) is 3.85. The van der Waals surface area contributed by atoms with Gasteiger partial charge in [0.2, 0.25) is 0 Å². The molecule has 0 bridgehead atoms. The summed E-state index contributed by atoms with van der Waals surface area (Å²) in [6.07, 6.45) is 0. The molecule has 0 aliphatic carbocycles. The molecule has 0 saturated heterocycles. The summed E-state index contributed by atoms with van der Waals surface area (Å²) in [5.41, 5.74) is 0. The van der Waals surface area contributed by atoms with Crippen LogP contribution in [0.1, 0.15) is 0 Å². The first kappa shape index (κ1) is 11.2. The second-order valence-corrected chi connectivity index (χ2v) is 3.65. The lowest BCUT2D eigenvalue weighted by Gasteiger charge is -2.19. The van der Waals surface area contributed by atoms with Gasteiger partial charge < -0.3 is 4.74 Å². The molecule has 0 rings (SSSR count). The number of carbonyl (C=O) groups is 1. The van der Waals surface area contributed by atoms with Gasteiger partial charge in [-0.3, -0.25) is 0 Å². The van der Waals surface area contributed by atoms with Gasteiger partial charge >= 0.3 is 15.4 Å². The van der Waals surface area contributed by atoms with Crippen LogP contribution in [0, 0.1) is 0 Å². The highest BCUT2D eigenvalue weighted by Crippen LogP contribution is 2.43. The summed E-state index contributed by atoms with van der Waals surface area (Å²) < 4.78 is 37.2. The number of carbonyl (C=O) groups excluding carboxylic acids is 1. The van der Waals surface area contributed by atoms with Crippen molar-refractivity contribution in [2.75, 3.05) is 7.11 Å². The molecule has 0 aromatic heterocycles. The zero-order valence-electron chi connectivity index (χ0n) is 5.21. The van der Waals surface area contributed by atoms with E-state index in [4.69, 9.17) is 0 Å². The Labute approximate surface area is 77.3 Å². The molecule has 0 fully saturated rings. The van der Waals surface area contributed by atoms with Crippen molar-refractivity contribution in [1.29, 1.82) is 0 Å². The van der Waals surface area contributed by atoms with Crippen molar-refractivity contribution in [1.82, 2.24) is 0 Å².